The van der Waals surface area contributed by atoms with Gasteiger partial charge in [-0.15, -0.1) is 0 Å². The molecule has 1 N–H and O–H groups in total. The molecule has 0 spiro atoms. The first-order valence-electron chi connectivity index (χ1n) is 14.4. The van der Waals surface area contributed by atoms with Gasteiger partial charge in [-0.2, -0.15) is 0 Å². The summed E-state index contributed by atoms with van der Waals surface area (Å²) in [6.07, 6.45) is 5.27. The summed E-state index contributed by atoms with van der Waals surface area (Å²) in [7, 11) is -3.78. The second kappa shape index (κ2) is 11.9. The van der Waals surface area contributed by atoms with Crippen LogP contribution in [-0.4, -0.2) is 55.0 Å². The number of fused-ring (bicyclic) bond motifs is 3. The van der Waals surface area contributed by atoms with Crippen LogP contribution in [0.25, 0.3) is 16.8 Å². The lowest BCUT2D eigenvalue weighted by atomic mass is 9.94. The number of nitrogens with zero attached hydrogens (tertiary/aromatic N) is 1. The Balaban J connectivity index is 1.42. The van der Waals surface area contributed by atoms with Crippen LogP contribution in [0.2, 0.25) is 0 Å². The van der Waals surface area contributed by atoms with Crippen LogP contribution in [0.1, 0.15) is 58.1 Å². The van der Waals surface area contributed by atoms with E-state index in [0.717, 1.165) is 34.7 Å². The van der Waals surface area contributed by atoms with E-state index in [1.54, 1.807) is 35.4 Å². The van der Waals surface area contributed by atoms with E-state index in [2.05, 4.69) is 35.6 Å². The average molecular weight is 577 g/mol. The van der Waals surface area contributed by atoms with Crippen molar-refractivity contribution in [3.63, 3.8) is 0 Å². The Bertz CT molecular complexity index is 1510. The first-order chi connectivity index (χ1) is 19.6. The standard InChI is InChI=1S/C33H40N2O5S/c1-5-19-39-20-18-23-11-14-27(15-12-23)41(37,38)31-29-17-16-28(35(29)32(36)40-33(2,3)4)30(31)34-22-24-10-13-25-8-6-7-9-26(25)21-24/h6-15,18,20-21,28-31,34H,5,16-17,19,22H2,1-4H3/b20-18+/t28-,29+,30-,31-/m0/s1. The van der Waals surface area contributed by atoms with E-state index in [-0.39, 0.29) is 10.9 Å². The van der Waals surface area contributed by atoms with Gasteiger partial charge in [0.15, 0.2) is 9.84 Å². The molecular weight excluding hydrogens is 536 g/mol. The summed E-state index contributed by atoms with van der Waals surface area (Å²) in [5.41, 5.74) is 1.24. The molecule has 4 atom stereocenters. The zero-order chi connectivity index (χ0) is 29.2. The summed E-state index contributed by atoms with van der Waals surface area (Å²) in [5, 5.41) is 5.06. The molecule has 2 aliphatic heterocycles. The van der Waals surface area contributed by atoms with Gasteiger partial charge in [-0.3, -0.25) is 4.90 Å². The van der Waals surface area contributed by atoms with E-state index in [4.69, 9.17) is 9.47 Å². The lowest BCUT2D eigenvalue weighted by Crippen LogP contribution is -2.50. The third-order valence-corrected chi connectivity index (χ3v) is 10.1. The van der Waals surface area contributed by atoms with Crippen molar-refractivity contribution < 1.29 is 22.7 Å². The normalized spacial score (nSPS) is 22.5. The number of carbonyl (C=O) groups is 1. The predicted octanol–water partition coefficient (Wildman–Crippen LogP) is 6.32. The highest BCUT2D eigenvalue weighted by Gasteiger charge is 2.60. The van der Waals surface area contributed by atoms with Gasteiger partial charge in [0.25, 0.3) is 0 Å². The molecule has 0 saturated carbocycles. The van der Waals surface area contributed by atoms with Crippen LogP contribution in [0.5, 0.6) is 0 Å². The van der Waals surface area contributed by atoms with Gasteiger partial charge < -0.3 is 14.8 Å². The average Bonchev–Trinajstić information content (AvgIpc) is 3.50. The number of rotatable bonds is 9. The molecular formula is C33H40N2O5S. The quantitative estimate of drug-likeness (QED) is 0.237. The number of hydrogen-bond donors (Lipinski definition) is 1. The predicted molar refractivity (Wildman–Crippen MR) is 162 cm³/mol. The maximum atomic E-state index is 14.2. The van der Waals surface area contributed by atoms with E-state index in [0.29, 0.717) is 19.6 Å². The Hall–Kier alpha value is -3.36. The highest BCUT2D eigenvalue weighted by atomic mass is 32.2. The van der Waals surface area contributed by atoms with E-state index >= 15 is 0 Å². The molecule has 0 aromatic heterocycles. The Labute approximate surface area is 243 Å². The van der Waals surface area contributed by atoms with Crippen LogP contribution in [0.4, 0.5) is 4.79 Å². The van der Waals surface area contributed by atoms with Crippen molar-refractivity contribution >= 4 is 32.8 Å². The summed E-state index contributed by atoms with van der Waals surface area (Å²) in [6, 6.07) is 20.2. The van der Waals surface area contributed by atoms with Crippen molar-refractivity contribution in [2.24, 2.45) is 0 Å². The molecule has 2 fully saturated rings. The number of nitrogens with one attached hydrogen (secondary N) is 1. The van der Waals surface area contributed by atoms with Gasteiger partial charge in [0, 0.05) is 12.6 Å². The number of carbonyl (C=O) groups excluding carboxylic acids is 1. The number of amides is 1. The molecule has 3 aromatic carbocycles. The van der Waals surface area contributed by atoms with Crippen molar-refractivity contribution in [2.45, 2.75) is 87.4 Å². The zero-order valence-electron chi connectivity index (χ0n) is 24.2. The number of hydrogen-bond acceptors (Lipinski definition) is 6. The molecule has 218 valence electrons. The Kier molecular flexibility index (Phi) is 8.43. The highest BCUT2D eigenvalue weighted by Crippen LogP contribution is 2.44. The van der Waals surface area contributed by atoms with Crippen molar-refractivity contribution in [2.75, 3.05) is 6.61 Å². The molecule has 1 amide bonds. The van der Waals surface area contributed by atoms with E-state index in [9.17, 15) is 13.2 Å². The van der Waals surface area contributed by atoms with Crippen LogP contribution in [0.15, 0.2) is 77.9 Å². The van der Waals surface area contributed by atoms with Crippen LogP contribution >= 0.6 is 0 Å². The lowest BCUT2D eigenvalue weighted by Gasteiger charge is -2.29. The van der Waals surface area contributed by atoms with Gasteiger partial charge in [0.1, 0.15) is 10.9 Å². The molecule has 2 aliphatic rings. The third-order valence-electron chi connectivity index (χ3n) is 7.83. The second-order valence-corrected chi connectivity index (χ2v) is 14.0. The fourth-order valence-electron chi connectivity index (χ4n) is 6.06. The minimum Gasteiger partial charge on any atom is -0.501 e. The SMILES string of the molecule is CCCO/C=C/c1ccc(S(=O)(=O)[C@@H]2[C@@H](NCc3ccc4ccccc4c3)[C@@H]3CC[C@H]2N3C(=O)OC(C)(C)C)cc1. The Morgan fingerprint density at radius 1 is 1.00 bits per heavy atom. The molecule has 0 radical (unpaired) electrons. The van der Waals surface area contributed by atoms with Gasteiger partial charge >= 0.3 is 6.09 Å². The lowest BCUT2D eigenvalue weighted by molar-refractivity contribution is 0.0210. The van der Waals surface area contributed by atoms with Crippen LogP contribution in [0.3, 0.4) is 0 Å². The topological polar surface area (TPSA) is 84.9 Å². The van der Waals surface area contributed by atoms with Gasteiger partial charge in [0.05, 0.1) is 29.8 Å². The number of ether oxygens (including phenoxy) is 2. The fraction of sp³-hybridized carbons (Fsp3) is 0.424. The molecule has 2 heterocycles. The van der Waals surface area contributed by atoms with Gasteiger partial charge in [-0.1, -0.05) is 55.5 Å². The summed E-state index contributed by atoms with van der Waals surface area (Å²) in [6.45, 7) is 8.65. The van der Waals surface area contributed by atoms with E-state index in [1.165, 1.54) is 0 Å². The van der Waals surface area contributed by atoms with Crippen LogP contribution in [-0.2, 0) is 25.9 Å². The minimum atomic E-state index is -3.78. The summed E-state index contributed by atoms with van der Waals surface area (Å²) < 4.78 is 39.6. The molecule has 5 rings (SSSR count). The fourth-order valence-corrected chi connectivity index (χ4v) is 8.23. The molecule has 0 unspecified atom stereocenters. The second-order valence-electron chi connectivity index (χ2n) is 11.9. The van der Waals surface area contributed by atoms with Gasteiger partial charge in [0.2, 0.25) is 0 Å². The van der Waals surface area contributed by atoms with Crippen LogP contribution in [0, 0.1) is 0 Å². The molecule has 2 bridgehead atoms. The van der Waals surface area contributed by atoms with Crippen molar-refractivity contribution in [1.82, 2.24) is 10.2 Å². The largest absolute Gasteiger partial charge is 0.501 e. The highest BCUT2D eigenvalue weighted by molar-refractivity contribution is 7.92. The molecule has 8 heteroatoms. The minimum absolute atomic E-state index is 0.253. The van der Waals surface area contributed by atoms with Gasteiger partial charge in [-0.05, 0) is 86.2 Å². The molecule has 41 heavy (non-hydrogen) atoms. The maximum Gasteiger partial charge on any atom is 0.410 e. The molecule has 7 nitrogen and oxygen atoms in total. The number of sulfone groups is 1. The first kappa shape index (κ1) is 29.1. The molecule has 2 saturated heterocycles. The Morgan fingerprint density at radius 3 is 2.41 bits per heavy atom. The van der Waals surface area contributed by atoms with Gasteiger partial charge in [-0.25, -0.2) is 13.2 Å². The first-order valence-corrected chi connectivity index (χ1v) is 16.0. The molecule has 0 aliphatic carbocycles. The number of benzene rings is 3. The maximum absolute atomic E-state index is 14.2. The third kappa shape index (κ3) is 6.28. The smallest absolute Gasteiger partial charge is 0.410 e. The monoisotopic (exact) mass is 576 g/mol. The Morgan fingerprint density at radius 2 is 1.71 bits per heavy atom. The zero-order valence-corrected chi connectivity index (χ0v) is 25.1. The van der Waals surface area contributed by atoms with E-state index in [1.807, 2.05) is 45.9 Å². The summed E-state index contributed by atoms with van der Waals surface area (Å²) >= 11 is 0. The van der Waals surface area contributed by atoms with Crippen LogP contribution < -0.4 is 5.32 Å². The molecule has 3 aromatic rings. The van der Waals surface area contributed by atoms with Crippen molar-refractivity contribution in [3.05, 3.63) is 84.1 Å². The summed E-state index contributed by atoms with van der Waals surface area (Å²) in [4.78, 5) is 15.3. The van der Waals surface area contributed by atoms with Crippen molar-refractivity contribution in [3.8, 4) is 0 Å². The summed E-state index contributed by atoms with van der Waals surface area (Å²) in [5.74, 6) is 0. The van der Waals surface area contributed by atoms with E-state index < -0.39 is 38.9 Å². The van der Waals surface area contributed by atoms with Crippen molar-refractivity contribution in [1.29, 1.82) is 0 Å².